The average molecular weight is 309 g/mol. The minimum Gasteiger partial charge on any atom is -0.293 e. The fourth-order valence-electron chi connectivity index (χ4n) is 1.07. The SMILES string of the molecule is Br.Cc1cc(C(=O)CBr)cc(C)n1. The predicted molar refractivity (Wildman–Crippen MR) is 62.2 cm³/mol. The van der Waals surface area contributed by atoms with Gasteiger partial charge in [-0.25, -0.2) is 0 Å². The fraction of sp³-hybridized carbons (Fsp3) is 0.333. The summed E-state index contributed by atoms with van der Waals surface area (Å²) in [5.74, 6) is 0.101. The number of aromatic nitrogens is 1. The van der Waals surface area contributed by atoms with Crippen molar-refractivity contribution in [1.29, 1.82) is 0 Å². The van der Waals surface area contributed by atoms with Gasteiger partial charge in [0.1, 0.15) is 0 Å². The maximum Gasteiger partial charge on any atom is 0.173 e. The smallest absolute Gasteiger partial charge is 0.173 e. The van der Waals surface area contributed by atoms with Crippen LogP contribution in [0.2, 0.25) is 0 Å². The largest absolute Gasteiger partial charge is 0.293 e. The molecule has 0 N–H and O–H groups in total. The van der Waals surface area contributed by atoms with Gasteiger partial charge in [0.25, 0.3) is 0 Å². The number of carbonyl (C=O) groups excluding carboxylic acids is 1. The number of carbonyl (C=O) groups is 1. The molecule has 0 aliphatic carbocycles. The Labute approximate surface area is 96.7 Å². The number of ketones is 1. The molecule has 0 unspecified atom stereocenters. The molecule has 72 valence electrons. The Hall–Kier alpha value is -0.220. The van der Waals surface area contributed by atoms with Gasteiger partial charge in [0.15, 0.2) is 5.78 Å². The molecule has 0 aromatic carbocycles. The summed E-state index contributed by atoms with van der Waals surface area (Å²) in [6, 6.07) is 3.60. The second-order valence-electron chi connectivity index (χ2n) is 2.70. The zero-order valence-electron chi connectivity index (χ0n) is 7.50. The molecule has 1 aromatic heterocycles. The quantitative estimate of drug-likeness (QED) is 0.621. The first-order chi connectivity index (χ1) is 5.63. The zero-order chi connectivity index (χ0) is 9.14. The molecule has 0 saturated carbocycles. The van der Waals surface area contributed by atoms with E-state index in [2.05, 4.69) is 20.9 Å². The topological polar surface area (TPSA) is 30.0 Å². The van der Waals surface area contributed by atoms with Gasteiger partial charge in [-0.05, 0) is 26.0 Å². The molecule has 0 fully saturated rings. The van der Waals surface area contributed by atoms with E-state index in [9.17, 15) is 4.79 Å². The van der Waals surface area contributed by atoms with Crippen LogP contribution in [-0.2, 0) is 0 Å². The highest BCUT2D eigenvalue weighted by molar-refractivity contribution is 9.09. The third-order valence-electron chi connectivity index (χ3n) is 1.52. The van der Waals surface area contributed by atoms with E-state index >= 15 is 0 Å². The van der Waals surface area contributed by atoms with Crippen LogP contribution in [0.3, 0.4) is 0 Å². The van der Waals surface area contributed by atoms with E-state index in [1.807, 2.05) is 13.8 Å². The molecular formula is C9H11Br2NO. The Bertz CT molecular complexity index is 292. The molecule has 0 spiro atoms. The summed E-state index contributed by atoms with van der Waals surface area (Å²) in [6.07, 6.45) is 0. The summed E-state index contributed by atoms with van der Waals surface area (Å²) in [6.45, 7) is 3.77. The normalized spacial score (nSPS) is 9.15. The molecule has 2 nitrogen and oxygen atoms in total. The highest BCUT2D eigenvalue weighted by Gasteiger charge is 2.04. The Kier molecular flexibility index (Phi) is 5.40. The summed E-state index contributed by atoms with van der Waals surface area (Å²) in [5.41, 5.74) is 2.51. The third kappa shape index (κ3) is 3.56. The Balaban J connectivity index is 0.00000144. The number of aryl methyl sites for hydroxylation is 2. The number of halogens is 2. The first-order valence-electron chi connectivity index (χ1n) is 3.68. The van der Waals surface area contributed by atoms with E-state index in [1.54, 1.807) is 12.1 Å². The zero-order valence-corrected chi connectivity index (χ0v) is 10.8. The number of Topliss-reactive ketones (excluding diaryl/α,β-unsaturated/α-hetero) is 1. The molecule has 0 saturated heterocycles. The van der Waals surface area contributed by atoms with Gasteiger partial charge < -0.3 is 0 Å². The van der Waals surface area contributed by atoms with Crippen molar-refractivity contribution in [3.8, 4) is 0 Å². The van der Waals surface area contributed by atoms with Crippen LogP contribution in [0, 0.1) is 13.8 Å². The molecule has 13 heavy (non-hydrogen) atoms. The van der Waals surface area contributed by atoms with Crippen LogP contribution >= 0.6 is 32.9 Å². The van der Waals surface area contributed by atoms with Crippen LogP contribution in [0.1, 0.15) is 21.7 Å². The van der Waals surface area contributed by atoms with E-state index in [4.69, 9.17) is 0 Å². The van der Waals surface area contributed by atoms with E-state index < -0.39 is 0 Å². The van der Waals surface area contributed by atoms with Gasteiger partial charge >= 0.3 is 0 Å². The summed E-state index contributed by atoms with van der Waals surface area (Å²) >= 11 is 3.13. The van der Waals surface area contributed by atoms with Gasteiger partial charge in [0, 0.05) is 17.0 Å². The van der Waals surface area contributed by atoms with Gasteiger partial charge in [-0.15, -0.1) is 17.0 Å². The molecule has 0 radical (unpaired) electrons. The van der Waals surface area contributed by atoms with Crippen LogP contribution < -0.4 is 0 Å². The average Bonchev–Trinajstić information content (AvgIpc) is 2.01. The first-order valence-corrected chi connectivity index (χ1v) is 4.80. The lowest BCUT2D eigenvalue weighted by atomic mass is 10.1. The Morgan fingerprint density at radius 1 is 1.38 bits per heavy atom. The summed E-state index contributed by atoms with van der Waals surface area (Å²) in [5, 5.41) is 0.371. The van der Waals surface area contributed by atoms with Crippen molar-refractivity contribution in [3.05, 3.63) is 29.1 Å². The van der Waals surface area contributed by atoms with E-state index in [0.717, 1.165) is 17.0 Å². The molecule has 1 aromatic rings. The van der Waals surface area contributed by atoms with Gasteiger partial charge in [0.05, 0.1) is 5.33 Å². The van der Waals surface area contributed by atoms with Gasteiger partial charge in [-0.1, -0.05) is 15.9 Å². The third-order valence-corrected chi connectivity index (χ3v) is 2.03. The van der Waals surface area contributed by atoms with Crippen molar-refractivity contribution in [2.75, 3.05) is 5.33 Å². The van der Waals surface area contributed by atoms with Crippen LogP contribution in [0.5, 0.6) is 0 Å². The minimum atomic E-state index is 0. The van der Waals surface area contributed by atoms with Crippen molar-refractivity contribution in [2.24, 2.45) is 0 Å². The summed E-state index contributed by atoms with van der Waals surface area (Å²) < 4.78 is 0. The number of alkyl halides is 1. The lowest BCUT2D eigenvalue weighted by Gasteiger charge is -2.00. The number of pyridine rings is 1. The summed E-state index contributed by atoms with van der Waals surface area (Å²) in [4.78, 5) is 15.4. The highest BCUT2D eigenvalue weighted by atomic mass is 79.9. The molecule has 0 amide bonds. The minimum absolute atomic E-state index is 0. The van der Waals surface area contributed by atoms with Crippen molar-refractivity contribution in [1.82, 2.24) is 4.98 Å². The number of hydrogen-bond acceptors (Lipinski definition) is 2. The van der Waals surface area contributed by atoms with Gasteiger partial charge in [-0.2, -0.15) is 0 Å². The molecular weight excluding hydrogens is 298 g/mol. The van der Waals surface area contributed by atoms with Gasteiger partial charge in [0.2, 0.25) is 0 Å². The Morgan fingerprint density at radius 3 is 2.23 bits per heavy atom. The molecule has 0 aliphatic heterocycles. The number of rotatable bonds is 2. The molecule has 1 heterocycles. The van der Waals surface area contributed by atoms with Crippen molar-refractivity contribution < 1.29 is 4.79 Å². The fourth-order valence-corrected chi connectivity index (χ4v) is 1.40. The van der Waals surface area contributed by atoms with E-state index in [1.165, 1.54) is 0 Å². The lowest BCUT2D eigenvalue weighted by molar-refractivity contribution is 0.102. The second kappa shape index (κ2) is 5.50. The first kappa shape index (κ1) is 12.8. The van der Waals surface area contributed by atoms with Crippen LogP contribution in [0.25, 0.3) is 0 Å². The predicted octanol–water partition coefficient (Wildman–Crippen LogP) is 2.85. The lowest BCUT2D eigenvalue weighted by Crippen LogP contribution is -2.02. The molecule has 0 aliphatic rings. The van der Waals surface area contributed by atoms with Crippen LogP contribution in [-0.4, -0.2) is 16.1 Å². The second-order valence-corrected chi connectivity index (χ2v) is 3.26. The van der Waals surface area contributed by atoms with Crippen molar-refractivity contribution >= 4 is 38.7 Å². The molecule has 0 bridgehead atoms. The van der Waals surface area contributed by atoms with Crippen molar-refractivity contribution in [3.63, 3.8) is 0 Å². The Morgan fingerprint density at radius 2 is 1.85 bits per heavy atom. The monoisotopic (exact) mass is 307 g/mol. The highest BCUT2D eigenvalue weighted by Crippen LogP contribution is 2.06. The molecule has 0 atom stereocenters. The van der Waals surface area contributed by atoms with Gasteiger partial charge in [-0.3, -0.25) is 9.78 Å². The maximum absolute atomic E-state index is 11.2. The van der Waals surface area contributed by atoms with E-state index in [-0.39, 0.29) is 22.8 Å². The van der Waals surface area contributed by atoms with Crippen molar-refractivity contribution in [2.45, 2.75) is 13.8 Å². The molecule has 4 heteroatoms. The molecule has 1 rings (SSSR count). The van der Waals surface area contributed by atoms with Crippen LogP contribution in [0.4, 0.5) is 0 Å². The number of nitrogens with zero attached hydrogens (tertiary/aromatic N) is 1. The summed E-state index contributed by atoms with van der Waals surface area (Å²) in [7, 11) is 0. The number of hydrogen-bond donors (Lipinski definition) is 0. The maximum atomic E-state index is 11.2. The van der Waals surface area contributed by atoms with Crippen LogP contribution in [0.15, 0.2) is 12.1 Å². The van der Waals surface area contributed by atoms with E-state index in [0.29, 0.717) is 5.33 Å². The standard InChI is InChI=1S/C9H10BrNO.BrH/c1-6-3-8(9(12)5-10)4-7(2)11-6;/h3-4H,5H2,1-2H3;1H.